The molecular weight excluding hydrogens is 328 g/mol. The molecule has 0 radical (unpaired) electrons. The first kappa shape index (κ1) is 19.4. The zero-order valence-corrected chi connectivity index (χ0v) is 15.7. The lowest BCUT2D eigenvalue weighted by Gasteiger charge is -2.17. The molecular formula is C22H24O4. The molecule has 4 nitrogen and oxygen atoms in total. The second-order valence-electron chi connectivity index (χ2n) is 6.27. The van der Waals surface area contributed by atoms with Crippen LogP contribution in [0.25, 0.3) is 5.57 Å². The SMILES string of the molecule is CC(=O)OCC(COC(C)=O)=C(c1ccc(C)cc1)c1ccc(C)cc1. The maximum Gasteiger partial charge on any atom is 0.302 e. The van der Waals surface area contributed by atoms with Crippen LogP contribution in [0.3, 0.4) is 0 Å². The molecule has 0 aliphatic heterocycles. The largest absolute Gasteiger partial charge is 0.461 e. The third-order valence-electron chi connectivity index (χ3n) is 3.93. The molecule has 0 atom stereocenters. The van der Waals surface area contributed by atoms with Crippen molar-refractivity contribution in [1.82, 2.24) is 0 Å². The number of carbonyl (C=O) groups excluding carboxylic acids is 2. The molecule has 0 saturated carbocycles. The van der Waals surface area contributed by atoms with Crippen molar-refractivity contribution in [3.05, 3.63) is 76.4 Å². The minimum absolute atomic E-state index is 0.0691. The summed E-state index contributed by atoms with van der Waals surface area (Å²) in [6, 6.07) is 16.2. The fourth-order valence-electron chi connectivity index (χ4n) is 2.58. The van der Waals surface area contributed by atoms with Crippen LogP contribution in [0.5, 0.6) is 0 Å². The van der Waals surface area contributed by atoms with Crippen molar-refractivity contribution in [2.24, 2.45) is 0 Å². The number of rotatable bonds is 6. The van der Waals surface area contributed by atoms with E-state index >= 15 is 0 Å². The topological polar surface area (TPSA) is 52.6 Å². The summed E-state index contributed by atoms with van der Waals surface area (Å²) in [7, 11) is 0. The van der Waals surface area contributed by atoms with Crippen LogP contribution in [0.2, 0.25) is 0 Å². The molecule has 2 aromatic rings. The van der Waals surface area contributed by atoms with Gasteiger partial charge in [0.15, 0.2) is 0 Å². The van der Waals surface area contributed by atoms with Gasteiger partial charge in [-0.1, -0.05) is 59.7 Å². The predicted octanol–water partition coefficient (Wildman–Crippen LogP) is 4.23. The van der Waals surface area contributed by atoms with Gasteiger partial charge in [0.2, 0.25) is 0 Å². The molecule has 0 spiro atoms. The Bertz CT molecular complexity index is 732. The number of hydrogen-bond donors (Lipinski definition) is 0. The van der Waals surface area contributed by atoms with Gasteiger partial charge in [0, 0.05) is 19.4 Å². The van der Waals surface area contributed by atoms with Crippen molar-refractivity contribution in [3.63, 3.8) is 0 Å². The summed E-state index contributed by atoms with van der Waals surface area (Å²) in [5.41, 5.74) is 5.91. The number of benzene rings is 2. The summed E-state index contributed by atoms with van der Waals surface area (Å²) >= 11 is 0. The Hall–Kier alpha value is -2.88. The van der Waals surface area contributed by atoms with E-state index in [4.69, 9.17) is 9.47 Å². The zero-order valence-electron chi connectivity index (χ0n) is 15.7. The second-order valence-corrected chi connectivity index (χ2v) is 6.27. The van der Waals surface area contributed by atoms with Gasteiger partial charge in [0.25, 0.3) is 0 Å². The molecule has 2 aromatic carbocycles. The summed E-state index contributed by atoms with van der Waals surface area (Å²) in [5.74, 6) is -0.755. The molecule has 0 heterocycles. The maximum absolute atomic E-state index is 11.3. The van der Waals surface area contributed by atoms with E-state index < -0.39 is 0 Å². The van der Waals surface area contributed by atoms with E-state index in [1.165, 1.54) is 13.8 Å². The van der Waals surface area contributed by atoms with Crippen molar-refractivity contribution in [1.29, 1.82) is 0 Å². The van der Waals surface area contributed by atoms with Gasteiger partial charge >= 0.3 is 11.9 Å². The maximum atomic E-state index is 11.3. The second kappa shape index (κ2) is 8.99. The lowest BCUT2D eigenvalue weighted by molar-refractivity contribution is -0.141. The Morgan fingerprint density at radius 2 is 1.04 bits per heavy atom. The van der Waals surface area contributed by atoms with Crippen LogP contribution in [0, 0.1) is 13.8 Å². The highest BCUT2D eigenvalue weighted by atomic mass is 16.5. The van der Waals surface area contributed by atoms with E-state index in [-0.39, 0.29) is 25.2 Å². The summed E-state index contributed by atoms with van der Waals surface area (Å²) < 4.78 is 10.4. The molecule has 2 rings (SSSR count). The summed E-state index contributed by atoms with van der Waals surface area (Å²) in [6.07, 6.45) is 0. The van der Waals surface area contributed by atoms with Gasteiger partial charge in [-0.05, 0) is 30.5 Å². The van der Waals surface area contributed by atoms with Crippen LogP contribution in [0.1, 0.15) is 36.1 Å². The van der Waals surface area contributed by atoms with Gasteiger partial charge < -0.3 is 9.47 Å². The Labute approximate surface area is 154 Å². The van der Waals surface area contributed by atoms with E-state index in [1.807, 2.05) is 62.4 Å². The predicted molar refractivity (Wildman–Crippen MR) is 102 cm³/mol. The highest BCUT2D eigenvalue weighted by Gasteiger charge is 2.15. The normalized spacial score (nSPS) is 10.2. The minimum atomic E-state index is -0.377. The van der Waals surface area contributed by atoms with Crippen molar-refractivity contribution in [2.75, 3.05) is 13.2 Å². The Morgan fingerprint density at radius 1 is 0.692 bits per heavy atom. The lowest BCUT2D eigenvalue weighted by Crippen LogP contribution is -2.13. The van der Waals surface area contributed by atoms with E-state index in [1.54, 1.807) is 0 Å². The van der Waals surface area contributed by atoms with Gasteiger partial charge in [-0.15, -0.1) is 0 Å². The smallest absolute Gasteiger partial charge is 0.302 e. The number of ether oxygens (including phenoxy) is 2. The van der Waals surface area contributed by atoms with E-state index in [0.717, 1.165) is 33.4 Å². The quantitative estimate of drug-likeness (QED) is 0.730. The number of aryl methyl sites for hydroxylation is 2. The monoisotopic (exact) mass is 352 g/mol. The molecule has 136 valence electrons. The van der Waals surface area contributed by atoms with Gasteiger partial charge in [0.05, 0.1) is 0 Å². The molecule has 0 N–H and O–H groups in total. The Kier molecular flexibility index (Phi) is 6.73. The first-order valence-electron chi connectivity index (χ1n) is 8.49. The Morgan fingerprint density at radius 3 is 1.35 bits per heavy atom. The van der Waals surface area contributed by atoms with Crippen LogP contribution in [-0.2, 0) is 19.1 Å². The van der Waals surface area contributed by atoms with Gasteiger partial charge in [-0.25, -0.2) is 0 Å². The standard InChI is InChI=1S/C22H24O4/c1-15-5-9-19(10-6-15)22(20-11-7-16(2)8-12-20)21(13-25-17(3)23)14-26-18(4)24/h5-12H,13-14H2,1-4H3. The van der Waals surface area contributed by atoms with E-state index in [9.17, 15) is 9.59 Å². The van der Waals surface area contributed by atoms with Crippen LogP contribution < -0.4 is 0 Å². The third kappa shape index (κ3) is 5.59. The van der Waals surface area contributed by atoms with Crippen molar-refractivity contribution in [3.8, 4) is 0 Å². The van der Waals surface area contributed by atoms with Crippen molar-refractivity contribution in [2.45, 2.75) is 27.7 Å². The third-order valence-corrected chi connectivity index (χ3v) is 3.93. The molecule has 4 heteroatoms. The van der Waals surface area contributed by atoms with Crippen LogP contribution in [0.4, 0.5) is 0 Å². The van der Waals surface area contributed by atoms with Crippen molar-refractivity contribution < 1.29 is 19.1 Å². The highest BCUT2D eigenvalue weighted by Crippen LogP contribution is 2.28. The first-order chi connectivity index (χ1) is 12.4. The fourth-order valence-corrected chi connectivity index (χ4v) is 2.58. The first-order valence-corrected chi connectivity index (χ1v) is 8.49. The number of esters is 2. The molecule has 0 aliphatic carbocycles. The molecule has 0 amide bonds. The fraction of sp³-hybridized carbons (Fsp3) is 0.273. The average molecular weight is 352 g/mol. The molecule has 0 aromatic heterocycles. The molecule has 0 aliphatic rings. The zero-order chi connectivity index (χ0) is 19.1. The Balaban J connectivity index is 2.58. The minimum Gasteiger partial charge on any atom is -0.461 e. The summed E-state index contributed by atoms with van der Waals surface area (Å²) in [4.78, 5) is 22.6. The molecule has 0 saturated heterocycles. The number of carbonyl (C=O) groups is 2. The van der Waals surface area contributed by atoms with Crippen LogP contribution in [-0.4, -0.2) is 25.2 Å². The molecule has 0 unspecified atom stereocenters. The summed E-state index contributed by atoms with van der Waals surface area (Å²) in [6.45, 7) is 6.91. The lowest BCUT2D eigenvalue weighted by atomic mass is 9.92. The van der Waals surface area contributed by atoms with Gasteiger partial charge in [-0.3, -0.25) is 9.59 Å². The molecule has 0 bridgehead atoms. The van der Waals surface area contributed by atoms with E-state index in [0.29, 0.717) is 0 Å². The molecule has 26 heavy (non-hydrogen) atoms. The van der Waals surface area contributed by atoms with Gasteiger partial charge in [0.1, 0.15) is 13.2 Å². The number of hydrogen-bond acceptors (Lipinski definition) is 4. The highest BCUT2D eigenvalue weighted by molar-refractivity contribution is 5.83. The van der Waals surface area contributed by atoms with Crippen molar-refractivity contribution >= 4 is 17.5 Å². The van der Waals surface area contributed by atoms with Crippen LogP contribution >= 0.6 is 0 Å². The molecule has 0 fully saturated rings. The van der Waals surface area contributed by atoms with Crippen LogP contribution in [0.15, 0.2) is 54.1 Å². The van der Waals surface area contributed by atoms with Gasteiger partial charge in [-0.2, -0.15) is 0 Å². The van der Waals surface area contributed by atoms with E-state index in [2.05, 4.69) is 0 Å². The average Bonchev–Trinajstić information content (AvgIpc) is 2.59. The summed E-state index contributed by atoms with van der Waals surface area (Å²) in [5, 5.41) is 0.